The third-order valence-corrected chi connectivity index (χ3v) is 4.33. The summed E-state index contributed by atoms with van der Waals surface area (Å²) in [7, 11) is 0. The monoisotopic (exact) mass is 338 g/mol. The van der Waals surface area contributed by atoms with Crippen molar-refractivity contribution in [3.8, 4) is 0 Å². The van der Waals surface area contributed by atoms with Crippen molar-refractivity contribution in [2.75, 3.05) is 13.1 Å². The molecule has 2 N–H and O–H groups in total. The Morgan fingerprint density at radius 3 is 2.85 bits per heavy atom. The Kier molecular flexibility index (Phi) is 6.05. The van der Waals surface area contributed by atoms with Crippen molar-refractivity contribution < 1.29 is 4.79 Å². The molecule has 2 atom stereocenters. The molecule has 2 rings (SSSR count). The zero-order valence-electron chi connectivity index (χ0n) is 12.0. The molecule has 0 bridgehead atoms. The number of halogens is 1. The highest BCUT2D eigenvalue weighted by Crippen LogP contribution is 2.14. The van der Waals surface area contributed by atoms with Gasteiger partial charge in [-0.3, -0.25) is 4.79 Å². The molecule has 1 saturated heterocycles. The average molecular weight is 339 g/mol. The Morgan fingerprint density at radius 1 is 1.45 bits per heavy atom. The van der Waals surface area contributed by atoms with Crippen LogP contribution in [0, 0.1) is 5.92 Å². The third kappa shape index (κ3) is 5.25. The molecule has 1 aliphatic heterocycles. The van der Waals surface area contributed by atoms with E-state index in [1.165, 1.54) is 12.0 Å². The molecule has 0 radical (unpaired) electrons. The fraction of sp³-hybridized carbons (Fsp3) is 0.562. The van der Waals surface area contributed by atoms with Gasteiger partial charge in [0.05, 0.1) is 0 Å². The van der Waals surface area contributed by atoms with Crippen LogP contribution >= 0.6 is 15.9 Å². The van der Waals surface area contributed by atoms with E-state index in [0.29, 0.717) is 12.3 Å². The van der Waals surface area contributed by atoms with Crippen molar-refractivity contribution in [1.29, 1.82) is 0 Å². The molecule has 4 heteroatoms. The Hall–Kier alpha value is -0.870. The molecular formula is C16H23BrN2O. The molecule has 0 spiro atoms. The summed E-state index contributed by atoms with van der Waals surface area (Å²) in [4.78, 5) is 11.9. The number of carbonyl (C=O) groups is 1. The van der Waals surface area contributed by atoms with Crippen LogP contribution in [0.5, 0.6) is 0 Å². The van der Waals surface area contributed by atoms with Gasteiger partial charge in [0.25, 0.3) is 0 Å². The first kappa shape index (κ1) is 15.5. The molecule has 1 fully saturated rings. The van der Waals surface area contributed by atoms with Gasteiger partial charge in [-0.1, -0.05) is 28.1 Å². The fourth-order valence-electron chi connectivity index (χ4n) is 2.67. The van der Waals surface area contributed by atoms with Gasteiger partial charge in [-0.2, -0.15) is 0 Å². The molecule has 1 aromatic rings. The van der Waals surface area contributed by atoms with Crippen LogP contribution in [0.3, 0.4) is 0 Å². The van der Waals surface area contributed by atoms with Gasteiger partial charge >= 0.3 is 0 Å². The normalized spacial score (nSPS) is 19.8. The lowest BCUT2D eigenvalue weighted by Crippen LogP contribution is -2.34. The van der Waals surface area contributed by atoms with Crippen LogP contribution in [0.25, 0.3) is 0 Å². The van der Waals surface area contributed by atoms with E-state index in [0.717, 1.165) is 30.4 Å². The van der Waals surface area contributed by atoms with E-state index in [9.17, 15) is 4.79 Å². The number of nitrogens with one attached hydrogen (secondary N) is 2. The Labute approximate surface area is 129 Å². The minimum absolute atomic E-state index is 0.182. The number of benzene rings is 1. The van der Waals surface area contributed by atoms with E-state index in [1.54, 1.807) is 0 Å². The molecule has 2 unspecified atom stereocenters. The van der Waals surface area contributed by atoms with Crippen LogP contribution in [-0.2, 0) is 11.2 Å². The molecule has 1 aromatic carbocycles. The summed E-state index contributed by atoms with van der Waals surface area (Å²) in [5, 5.41) is 6.43. The molecule has 1 heterocycles. The van der Waals surface area contributed by atoms with Crippen molar-refractivity contribution >= 4 is 21.8 Å². The Morgan fingerprint density at radius 2 is 2.20 bits per heavy atom. The van der Waals surface area contributed by atoms with Gasteiger partial charge in [0, 0.05) is 16.9 Å². The molecule has 1 aliphatic rings. The van der Waals surface area contributed by atoms with E-state index in [1.807, 2.05) is 12.1 Å². The zero-order chi connectivity index (χ0) is 14.4. The maximum atomic E-state index is 11.9. The summed E-state index contributed by atoms with van der Waals surface area (Å²) in [6, 6.07) is 8.45. The number of hydrogen-bond donors (Lipinski definition) is 2. The Bertz CT molecular complexity index is 427. The van der Waals surface area contributed by atoms with Gasteiger partial charge < -0.3 is 10.6 Å². The van der Waals surface area contributed by atoms with Crippen LogP contribution in [-0.4, -0.2) is 25.0 Å². The van der Waals surface area contributed by atoms with Gasteiger partial charge in [-0.05, 0) is 62.9 Å². The minimum atomic E-state index is 0.182. The first-order valence-corrected chi connectivity index (χ1v) is 8.17. The maximum Gasteiger partial charge on any atom is 0.220 e. The highest BCUT2D eigenvalue weighted by atomic mass is 79.9. The standard InChI is InChI=1S/C16H23BrN2O/c1-12(10-13-2-5-15(17)6-3-13)19-16(20)7-4-14-8-9-18-11-14/h2-3,5-6,12,14,18H,4,7-11H2,1H3,(H,19,20). The smallest absolute Gasteiger partial charge is 0.220 e. The quantitative estimate of drug-likeness (QED) is 0.837. The van der Waals surface area contributed by atoms with Crippen LogP contribution in [0.15, 0.2) is 28.7 Å². The highest BCUT2D eigenvalue weighted by molar-refractivity contribution is 9.10. The number of carbonyl (C=O) groups excluding carboxylic acids is 1. The van der Waals surface area contributed by atoms with E-state index in [-0.39, 0.29) is 11.9 Å². The number of amides is 1. The number of rotatable bonds is 6. The average Bonchev–Trinajstić information content (AvgIpc) is 2.92. The topological polar surface area (TPSA) is 41.1 Å². The molecule has 3 nitrogen and oxygen atoms in total. The molecular weight excluding hydrogens is 316 g/mol. The summed E-state index contributed by atoms with van der Waals surface area (Å²) in [5.41, 5.74) is 1.25. The summed E-state index contributed by atoms with van der Waals surface area (Å²) in [6.07, 6.45) is 3.74. The first-order valence-electron chi connectivity index (χ1n) is 7.38. The van der Waals surface area contributed by atoms with Gasteiger partial charge in [-0.15, -0.1) is 0 Å². The predicted octanol–water partition coefficient (Wildman–Crippen LogP) is 2.89. The fourth-order valence-corrected chi connectivity index (χ4v) is 2.93. The third-order valence-electron chi connectivity index (χ3n) is 3.80. The minimum Gasteiger partial charge on any atom is -0.353 e. The van der Waals surface area contributed by atoms with E-state index in [4.69, 9.17) is 0 Å². The molecule has 1 amide bonds. The van der Waals surface area contributed by atoms with E-state index < -0.39 is 0 Å². The van der Waals surface area contributed by atoms with Gasteiger partial charge in [0.1, 0.15) is 0 Å². The molecule has 20 heavy (non-hydrogen) atoms. The largest absolute Gasteiger partial charge is 0.353 e. The van der Waals surface area contributed by atoms with Gasteiger partial charge in [0.15, 0.2) is 0 Å². The molecule has 0 saturated carbocycles. The lowest BCUT2D eigenvalue weighted by Gasteiger charge is -2.15. The molecule has 0 aliphatic carbocycles. The van der Waals surface area contributed by atoms with Gasteiger partial charge in [-0.25, -0.2) is 0 Å². The van der Waals surface area contributed by atoms with Crippen molar-refractivity contribution in [2.24, 2.45) is 5.92 Å². The van der Waals surface area contributed by atoms with E-state index >= 15 is 0 Å². The number of hydrogen-bond acceptors (Lipinski definition) is 2. The maximum absolute atomic E-state index is 11.9. The summed E-state index contributed by atoms with van der Waals surface area (Å²) < 4.78 is 1.09. The highest BCUT2D eigenvalue weighted by Gasteiger charge is 2.16. The second-order valence-electron chi connectivity index (χ2n) is 5.70. The SMILES string of the molecule is CC(Cc1ccc(Br)cc1)NC(=O)CCC1CCNC1. The van der Waals surface area contributed by atoms with Crippen molar-refractivity contribution in [1.82, 2.24) is 10.6 Å². The zero-order valence-corrected chi connectivity index (χ0v) is 13.6. The van der Waals surface area contributed by atoms with Crippen LogP contribution in [0.1, 0.15) is 31.7 Å². The van der Waals surface area contributed by atoms with Gasteiger partial charge in [0.2, 0.25) is 5.91 Å². The second kappa shape index (κ2) is 7.79. The predicted molar refractivity (Wildman–Crippen MR) is 85.7 cm³/mol. The first-order chi connectivity index (χ1) is 9.63. The summed E-state index contributed by atoms with van der Waals surface area (Å²) in [5.74, 6) is 0.865. The molecule has 0 aromatic heterocycles. The van der Waals surface area contributed by atoms with E-state index in [2.05, 4.69) is 45.6 Å². The summed E-state index contributed by atoms with van der Waals surface area (Å²) in [6.45, 7) is 4.24. The van der Waals surface area contributed by atoms with Crippen LogP contribution in [0.4, 0.5) is 0 Å². The Balaban J connectivity index is 1.68. The van der Waals surface area contributed by atoms with Crippen LogP contribution < -0.4 is 10.6 Å². The summed E-state index contributed by atoms with van der Waals surface area (Å²) >= 11 is 3.43. The van der Waals surface area contributed by atoms with Crippen molar-refractivity contribution in [2.45, 2.75) is 38.6 Å². The van der Waals surface area contributed by atoms with Crippen molar-refractivity contribution in [3.63, 3.8) is 0 Å². The van der Waals surface area contributed by atoms with Crippen molar-refractivity contribution in [3.05, 3.63) is 34.3 Å². The lowest BCUT2D eigenvalue weighted by atomic mass is 10.0. The van der Waals surface area contributed by atoms with Crippen LogP contribution in [0.2, 0.25) is 0 Å². The molecule has 110 valence electrons. The second-order valence-corrected chi connectivity index (χ2v) is 6.61. The lowest BCUT2D eigenvalue weighted by molar-refractivity contribution is -0.121.